The first kappa shape index (κ1) is 16.2. The van der Waals surface area contributed by atoms with Gasteiger partial charge in [-0.05, 0) is 24.6 Å². The van der Waals surface area contributed by atoms with Gasteiger partial charge >= 0.3 is 0 Å². The van der Waals surface area contributed by atoms with Crippen molar-refractivity contribution in [3.63, 3.8) is 0 Å². The number of hydrogen-bond donors (Lipinski definition) is 0. The lowest BCUT2D eigenvalue weighted by atomic mass is 10.1. The lowest BCUT2D eigenvalue weighted by Crippen LogP contribution is -2.27. The molecule has 4 nitrogen and oxygen atoms in total. The van der Waals surface area contributed by atoms with Crippen molar-refractivity contribution >= 4 is 16.8 Å². The Hall–Kier alpha value is -2.69. The van der Waals surface area contributed by atoms with Crippen LogP contribution < -0.4 is 0 Å². The number of amides is 1. The molecular weight excluding hydrogens is 305 g/mol. The molecule has 124 valence electrons. The number of benzene rings is 2. The zero-order chi connectivity index (χ0) is 17.1. The van der Waals surface area contributed by atoms with E-state index in [1.807, 2.05) is 36.0 Å². The molecule has 3 aromatic rings. The summed E-state index contributed by atoms with van der Waals surface area (Å²) in [5, 5.41) is 5.47. The molecule has 0 N–H and O–H groups in total. The minimum atomic E-state index is -0.286. The summed E-state index contributed by atoms with van der Waals surface area (Å²) in [5.41, 5.74) is 2.72. The summed E-state index contributed by atoms with van der Waals surface area (Å²) in [6, 6.07) is 12.6. The second-order valence-corrected chi connectivity index (χ2v) is 5.97. The van der Waals surface area contributed by atoms with E-state index in [2.05, 4.69) is 5.10 Å². The Kier molecular flexibility index (Phi) is 4.60. The molecule has 5 heteroatoms. The van der Waals surface area contributed by atoms with Crippen molar-refractivity contribution in [1.29, 1.82) is 0 Å². The predicted octanol–water partition coefficient (Wildman–Crippen LogP) is 3.53. The number of carbonyl (C=O) groups is 1. The van der Waals surface area contributed by atoms with Crippen molar-refractivity contribution in [2.45, 2.75) is 26.4 Å². The van der Waals surface area contributed by atoms with Gasteiger partial charge in [-0.15, -0.1) is 0 Å². The molecule has 1 heterocycles. The standard InChI is InChI=1S/C19H20FN3O/c1-14-6-5-9-18-16(14)12-21-23(18)11-10-19(24)22(2)13-15-7-3-4-8-17(15)20/h3-9,12H,10-11,13H2,1-2H3. The Morgan fingerprint density at radius 3 is 2.79 bits per heavy atom. The Balaban J connectivity index is 1.64. The topological polar surface area (TPSA) is 38.1 Å². The van der Waals surface area contributed by atoms with E-state index in [9.17, 15) is 9.18 Å². The first-order valence-electron chi connectivity index (χ1n) is 7.95. The Labute approximate surface area is 140 Å². The SMILES string of the molecule is Cc1cccc2c1cnn2CCC(=O)N(C)Cc1ccccc1F. The highest BCUT2D eigenvalue weighted by Crippen LogP contribution is 2.18. The van der Waals surface area contributed by atoms with Crippen LogP contribution in [0.1, 0.15) is 17.5 Å². The summed E-state index contributed by atoms with van der Waals surface area (Å²) in [6.07, 6.45) is 2.16. The lowest BCUT2D eigenvalue weighted by molar-refractivity contribution is -0.130. The fraction of sp³-hybridized carbons (Fsp3) is 0.263. The molecule has 2 aromatic carbocycles. The van der Waals surface area contributed by atoms with Gasteiger partial charge in [-0.25, -0.2) is 4.39 Å². The maximum absolute atomic E-state index is 13.7. The van der Waals surface area contributed by atoms with Gasteiger partial charge in [-0.3, -0.25) is 9.48 Å². The van der Waals surface area contributed by atoms with Gasteiger partial charge < -0.3 is 4.90 Å². The van der Waals surface area contributed by atoms with E-state index >= 15 is 0 Å². The van der Waals surface area contributed by atoms with Gasteiger partial charge in [0.2, 0.25) is 5.91 Å². The van der Waals surface area contributed by atoms with Crippen LogP contribution in [-0.4, -0.2) is 27.6 Å². The molecule has 0 unspecified atom stereocenters. The Morgan fingerprint density at radius 2 is 2.00 bits per heavy atom. The van der Waals surface area contributed by atoms with E-state index < -0.39 is 0 Å². The van der Waals surface area contributed by atoms with Crippen LogP contribution in [0.4, 0.5) is 4.39 Å². The van der Waals surface area contributed by atoms with Crippen molar-refractivity contribution in [3.8, 4) is 0 Å². The third kappa shape index (κ3) is 3.30. The normalized spacial score (nSPS) is 11.0. The minimum Gasteiger partial charge on any atom is -0.341 e. The molecule has 3 rings (SSSR count). The summed E-state index contributed by atoms with van der Waals surface area (Å²) >= 11 is 0. The molecule has 0 spiro atoms. The fourth-order valence-corrected chi connectivity index (χ4v) is 2.79. The molecule has 0 aliphatic rings. The zero-order valence-corrected chi connectivity index (χ0v) is 13.9. The van der Waals surface area contributed by atoms with Crippen LogP contribution in [0.25, 0.3) is 10.9 Å². The summed E-state index contributed by atoms with van der Waals surface area (Å²) in [6.45, 7) is 2.82. The van der Waals surface area contributed by atoms with Crippen LogP contribution >= 0.6 is 0 Å². The number of fused-ring (bicyclic) bond motifs is 1. The number of aryl methyl sites for hydroxylation is 2. The molecule has 0 saturated carbocycles. The van der Waals surface area contributed by atoms with E-state index in [0.29, 0.717) is 18.5 Å². The first-order valence-corrected chi connectivity index (χ1v) is 7.95. The van der Waals surface area contributed by atoms with E-state index in [0.717, 1.165) is 10.9 Å². The molecule has 0 fully saturated rings. The molecular formula is C19H20FN3O. The van der Waals surface area contributed by atoms with Crippen LogP contribution in [-0.2, 0) is 17.9 Å². The maximum Gasteiger partial charge on any atom is 0.224 e. The van der Waals surface area contributed by atoms with Gasteiger partial charge in [0.1, 0.15) is 5.82 Å². The van der Waals surface area contributed by atoms with Gasteiger partial charge in [0.05, 0.1) is 18.3 Å². The van der Waals surface area contributed by atoms with E-state index in [-0.39, 0.29) is 18.3 Å². The number of hydrogen-bond acceptors (Lipinski definition) is 2. The average molecular weight is 325 g/mol. The third-order valence-corrected chi connectivity index (χ3v) is 4.23. The average Bonchev–Trinajstić information content (AvgIpc) is 2.99. The first-order chi connectivity index (χ1) is 11.6. The van der Waals surface area contributed by atoms with E-state index in [4.69, 9.17) is 0 Å². The van der Waals surface area contributed by atoms with Gasteiger partial charge in [0.15, 0.2) is 0 Å². The lowest BCUT2D eigenvalue weighted by Gasteiger charge is -2.17. The Morgan fingerprint density at radius 1 is 1.21 bits per heavy atom. The highest BCUT2D eigenvalue weighted by molar-refractivity contribution is 5.82. The predicted molar refractivity (Wildman–Crippen MR) is 92.0 cm³/mol. The van der Waals surface area contributed by atoms with Crippen LogP contribution in [0.15, 0.2) is 48.7 Å². The molecule has 0 aliphatic carbocycles. The van der Waals surface area contributed by atoms with Crippen molar-refractivity contribution in [1.82, 2.24) is 14.7 Å². The molecule has 0 saturated heterocycles. The quantitative estimate of drug-likeness (QED) is 0.720. The molecule has 1 aromatic heterocycles. The fourth-order valence-electron chi connectivity index (χ4n) is 2.79. The number of halogens is 1. The Bertz CT molecular complexity index is 872. The number of rotatable bonds is 5. The van der Waals surface area contributed by atoms with E-state index in [1.54, 1.807) is 30.1 Å². The molecule has 0 radical (unpaired) electrons. The molecule has 0 bridgehead atoms. The summed E-state index contributed by atoms with van der Waals surface area (Å²) in [4.78, 5) is 13.9. The van der Waals surface area contributed by atoms with Gasteiger partial charge in [0, 0.05) is 31.0 Å². The summed E-state index contributed by atoms with van der Waals surface area (Å²) in [7, 11) is 1.69. The minimum absolute atomic E-state index is 0.0328. The molecule has 24 heavy (non-hydrogen) atoms. The highest BCUT2D eigenvalue weighted by Gasteiger charge is 2.13. The summed E-state index contributed by atoms with van der Waals surface area (Å²) < 4.78 is 15.5. The van der Waals surface area contributed by atoms with Crippen LogP contribution in [0.5, 0.6) is 0 Å². The van der Waals surface area contributed by atoms with Gasteiger partial charge in [-0.1, -0.05) is 30.3 Å². The van der Waals surface area contributed by atoms with Crippen LogP contribution in [0.2, 0.25) is 0 Å². The van der Waals surface area contributed by atoms with Crippen molar-refractivity contribution in [3.05, 3.63) is 65.6 Å². The van der Waals surface area contributed by atoms with E-state index in [1.165, 1.54) is 11.6 Å². The number of aromatic nitrogens is 2. The van der Waals surface area contributed by atoms with Gasteiger partial charge in [-0.2, -0.15) is 5.10 Å². The molecule has 0 aliphatic heterocycles. The maximum atomic E-state index is 13.7. The van der Waals surface area contributed by atoms with Crippen LogP contribution in [0.3, 0.4) is 0 Å². The second kappa shape index (κ2) is 6.83. The number of carbonyl (C=O) groups excluding carboxylic acids is 1. The van der Waals surface area contributed by atoms with Crippen LogP contribution in [0, 0.1) is 12.7 Å². The zero-order valence-electron chi connectivity index (χ0n) is 13.9. The third-order valence-electron chi connectivity index (χ3n) is 4.23. The second-order valence-electron chi connectivity index (χ2n) is 5.97. The highest BCUT2D eigenvalue weighted by atomic mass is 19.1. The van der Waals surface area contributed by atoms with Crippen molar-refractivity contribution < 1.29 is 9.18 Å². The van der Waals surface area contributed by atoms with Crippen molar-refractivity contribution in [2.75, 3.05) is 7.05 Å². The monoisotopic (exact) mass is 325 g/mol. The number of nitrogens with zero attached hydrogens (tertiary/aromatic N) is 3. The van der Waals surface area contributed by atoms with Crippen molar-refractivity contribution in [2.24, 2.45) is 0 Å². The molecule has 0 atom stereocenters. The largest absolute Gasteiger partial charge is 0.341 e. The smallest absolute Gasteiger partial charge is 0.224 e. The molecule has 1 amide bonds. The van der Waals surface area contributed by atoms with Gasteiger partial charge in [0.25, 0.3) is 0 Å². The summed E-state index contributed by atoms with van der Waals surface area (Å²) in [5.74, 6) is -0.319.